The van der Waals surface area contributed by atoms with Gasteiger partial charge in [-0.2, -0.15) is 5.10 Å². The largest absolute Gasteiger partial charge is 0.476 e. The van der Waals surface area contributed by atoms with Crippen molar-refractivity contribution in [1.82, 2.24) is 14.7 Å². The van der Waals surface area contributed by atoms with Crippen LogP contribution in [0.15, 0.2) is 24.3 Å². The summed E-state index contributed by atoms with van der Waals surface area (Å²) in [5, 5.41) is 13.7. The van der Waals surface area contributed by atoms with Crippen molar-refractivity contribution in [2.45, 2.75) is 5.92 Å². The topological polar surface area (TPSA) is 58.4 Å². The molecule has 2 aromatic rings. The number of hydrogen-bond donors (Lipinski definition) is 1. The number of hydrogen-bond acceptors (Lipinski definition) is 3. The third-order valence-electron chi connectivity index (χ3n) is 3.90. The maximum atomic E-state index is 11.0. The number of rotatable bonds is 3. The summed E-state index contributed by atoms with van der Waals surface area (Å²) in [7, 11) is 3.81. The van der Waals surface area contributed by atoms with Crippen molar-refractivity contribution >= 4 is 17.6 Å². The van der Waals surface area contributed by atoms with E-state index in [1.54, 1.807) is 17.8 Å². The Kier molecular flexibility index (Phi) is 3.47. The molecule has 0 aliphatic carbocycles. The number of aryl methyl sites for hydroxylation is 1. The molecule has 0 amide bonds. The van der Waals surface area contributed by atoms with Gasteiger partial charge in [0, 0.05) is 36.6 Å². The fourth-order valence-electron chi connectivity index (χ4n) is 2.76. The molecule has 1 aliphatic rings. The zero-order valence-corrected chi connectivity index (χ0v) is 12.6. The summed E-state index contributed by atoms with van der Waals surface area (Å²) in [6.07, 6.45) is 0. The zero-order chi connectivity index (χ0) is 15.1. The third-order valence-corrected chi connectivity index (χ3v) is 4.23. The zero-order valence-electron chi connectivity index (χ0n) is 11.9. The average Bonchev–Trinajstić information content (AvgIpc) is 2.78. The smallest absolute Gasteiger partial charge is 0.356 e. The molecule has 1 saturated heterocycles. The van der Waals surface area contributed by atoms with E-state index in [4.69, 9.17) is 16.7 Å². The van der Waals surface area contributed by atoms with Crippen LogP contribution in [-0.4, -0.2) is 45.9 Å². The molecule has 2 heterocycles. The molecule has 6 heteroatoms. The second-order valence-electron chi connectivity index (χ2n) is 5.50. The fraction of sp³-hybridized carbons (Fsp3) is 0.333. The Hall–Kier alpha value is -1.85. The van der Waals surface area contributed by atoms with Gasteiger partial charge in [0.25, 0.3) is 0 Å². The van der Waals surface area contributed by atoms with Crippen molar-refractivity contribution in [3.8, 4) is 11.3 Å². The number of nitrogens with zero attached hydrogens (tertiary/aromatic N) is 3. The van der Waals surface area contributed by atoms with Gasteiger partial charge in [0.1, 0.15) is 0 Å². The minimum absolute atomic E-state index is 0.0355. The molecule has 110 valence electrons. The monoisotopic (exact) mass is 305 g/mol. The Balaban J connectivity index is 1.93. The number of benzene rings is 1. The van der Waals surface area contributed by atoms with Crippen molar-refractivity contribution < 1.29 is 9.90 Å². The van der Waals surface area contributed by atoms with E-state index < -0.39 is 5.97 Å². The van der Waals surface area contributed by atoms with Gasteiger partial charge in [0.2, 0.25) is 0 Å². The van der Waals surface area contributed by atoms with Crippen LogP contribution in [0.1, 0.15) is 22.0 Å². The van der Waals surface area contributed by atoms with Gasteiger partial charge >= 0.3 is 5.97 Å². The second-order valence-corrected chi connectivity index (χ2v) is 5.91. The van der Waals surface area contributed by atoms with Gasteiger partial charge in [-0.05, 0) is 24.7 Å². The normalized spacial score (nSPS) is 16.0. The van der Waals surface area contributed by atoms with E-state index in [1.807, 2.05) is 18.2 Å². The average molecular weight is 306 g/mol. The summed E-state index contributed by atoms with van der Waals surface area (Å²) in [6, 6.07) is 7.45. The van der Waals surface area contributed by atoms with Gasteiger partial charge in [-0.1, -0.05) is 23.7 Å². The SMILES string of the molecule is CN1CC(c2ccc(-c3cc(C(=O)O)nn3C)cc2Cl)C1. The van der Waals surface area contributed by atoms with Gasteiger partial charge in [-0.25, -0.2) is 4.79 Å². The van der Waals surface area contributed by atoms with Gasteiger partial charge in [-0.3, -0.25) is 4.68 Å². The number of aromatic nitrogens is 2. The van der Waals surface area contributed by atoms with Crippen molar-refractivity contribution in [2.75, 3.05) is 20.1 Å². The number of likely N-dealkylation sites (tertiary alicyclic amines) is 1. The van der Waals surface area contributed by atoms with Crippen molar-refractivity contribution in [3.05, 3.63) is 40.5 Å². The molecule has 21 heavy (non-hydrogen) atoms. The molecule has 1 aromatic carbocycles. The molecule has 0 atom stereocenters. The van der Waals surface area contributed by atoms with Crippen LogP contribution in [0.2, 0.25) is 5.02 Å². The van der Waals surface area contributed by atoms with Crippen LogP contribution in [-0.2, 0) is 7.05 Å². The lowest BCUT2D eigenvalue weighted by atomic mass is 9.91. The Morgan fingerprint density at radius 3 is 2.57 bits per heavy atom. The lowest BCUT2D eigenvalue weighted by Gasteiger charge is -2.37. The predicted octanol–water partition coefficient (Wildman–Crippen LogP) is 2.47. The van der Waals surface area contributed by atoms with E-state index in [1.165, 1.54) is 0 Å². The summed E-state index contributed by atoms with van der Waals surface area (Å²) in [6.45, 7) is 2.04. The van der Waals surface area contributed by atoms with Crippen LogP contribution in [0.3, 0.4) is 0 Å². The highest BCUT2D eigenvalue weighted by atomic mass is 35.5. The molecule has 0 unspecified atom stereocenters. The van der Waals surface area contributed by atoms with Gasteiger partial charge in [-0.15, -0.1) is 0 Å². The lowest BCUT2D eigenvalue weighted by Crippen LogP contribution is -2.41. The maximum absolute atomic E-state index is 11.0. The molecular weight excluding hydrogens is 290 g/mol. The van der Waals surface area contributed by atoms with Gasteiger partial charge < -0.3 is 10.0 Å². The van der Waals surface area contributed by atoms with E-state index in [-0.39, 0.29) is 5.69 Å². The first-order valence-corrected chi connectivity index (χ1v) is 7.09. The molecular formula is C15H16ClN3O2. The summed E-state index contributed by atoms with van der Waals surface area (Å²) in [5.74, 6) is -0.547. The van der Waals surface area contributed by atoms with E-state index in [2.05, 4.69) is 17.0 Å². The molecule has 0 radical (unpaired) electrons. The minimum atomic E-state index is -1.03. The van der Waals surface area contributed by atoms with Crippen LogP contribution >= 0.6 is 11.6 Å². The Morgan fingerprint density at radius 2 is 2.05 bits per heavy atom. The molecule has 1 aliphatic heterocycles. The first-order valence-electron chi connectivity index (χ1n) is 6.71. The molecule has 1 fully saturated rings. The number of halogens is 1. The quantitative estimate of drug-likeness (QED) is 0.946. The Morgan fingerprint density at radius 1 is 1.33 bits per heavy atom. The minimum Gasteiger partial charge on any atom is -0.476 e. The Labute approximate surface area is 127 Å². The molecule has 0 bridgehead atoms. The van der Waals surface area contributed by atoms with Crippen molar-refractivity contribution in [3.63, 3.8) is 0 Å². The van der Waals surface area contributed by atoms with E-state index >= 15 is 0 Å². The number of likely N-dealkylation sites (N-methyl/N-ethyl adjacent to an activating group) is 1. The standard InChI is InChI=1S/C15H16ClN3O2/c1-18-7-10(8-18)11-4-3-9(5-12(11)16)14-6-13(15(20)21)17-19(14)2/h3-6,10H,7-8H2,1-2H3,(H,20,21). The molecule has 1 aromatic heterocycles. The number of carboxylic acids is 1. The van der Waals surface area contributed by atoms with Crippen molar-refractivity contribution in [2.24, 2.45) is 7.05 Å². The van der Waals surface area contributed by atoms with E-state index in [0.717, 1.165) is 34.9 Å². The molecule has 5 nitrogen and oxygen atoms in total. The van der Waals surface area contributed by atoms with Gasteiger partial charge in [0.15, 0.2) is 5.69 Å². The van der Waals surface area contributed by atoms with Crippen LogP contribution in [0, 0.1) is 0 Å². The predicted molar refractivity (Wildman–Crippen MR) is 80.9 cm³/mol. The number of carbonyl (C=O) groups is 1. The molecule has 0 saturated carbocycles. The van der Waals surface area contributed by atoms with Crippen LogP contribution in [0.4, 0.5) is 0 Å². The molecule has 0 spiro atoms. The Bertz CT molecular complexity index is 705. The molecule has 3 rings (SSSR count). The number of aromatic carboxylic acids is 1. The van der Waals surface area contributed by atoms with Crippen LogP contribution < -0.4 is 0 Å². The first-order chi connectivity index (χ1) is 9.95. The second kappa shape index (κ2) is 5.16. The molecule has 1 N–H and O–H groups in total. The summed E-state index contributed by atoms with van der Waals surface area (Å²) in [5.41, 5.74) is 2.80. The lowest BCUT2D eigenvalue weighted by molar-refractivity contribution is 0.0689. The summed E-state index contributed by atoms with van der Waals surface area (Å²) >= 11 is 6.39. The maximum Gasteiger partial charge on any atom is 0.356 e. The van der Waals surface area contributed by atoms with Crippen LogP contribution in [0.25, 0.3) is 11.3 Å². The first kappa shape index (κ1) is 14.1. The fourth-order valence-corrected chi connectivity index (χ4v) is 3.09. The highest BCUT2D eigenvalue weighted by Crippen LogP contribution is 2.34. The summed E-state index contributed by atoms with van der Waals surface area (Å²) in [4.78, 5) is 13.2. The highest BCUT2D eigenvalue weighted by Gasteiger charge is 2.26. The highest BCUT2D eigenvalue weighted by molar-refractivity contribution is 6.31. The van der Waals surface area contributed by atoms with Crippen molar-refractivity contribution in [1.29, 1.82) is 0 Å². The number of carboxylic acid groups (broad SMARTS) is 1. The van der Waals surface area contributed by atoms with Crippen LogP contribution in [0.5, 0.6) is 0 Å². The van der Waals surface area contributed by atoms with E-state index in [9.17, 15) is 4.79 Å². The van der Waals surface area contributed by atoms with Gasteiger partial charge in [0.05, 0.1) is 5.69 Å². The summed E-state index contributed by atoms with van der Waals surface area (Å²) < 4.78 is 1.56. The van der Waals surface area contributed by atoms with E-state index in [0.29, 0.717) is 5.92 Å². The third kappa shape index (κ3) is 2.54.